The number of sulfonamides is 2. The van der Waals surface area contributed by atoms with E-state index in [9.17, 15) is 36.0 Å². The lowest BCUT2D eigenvalue weighted by molar-refractivity contribution is -0.136. The first-order chi connectivity index (χ1) is 17.6. The Morgan fingerprint density at radius 2 is 1.47 bits per heavy atom. The minimum absolute atomic E-state index is 0.0828. The van der Waals surface area contributed by atoms with Gasteiger partial charge in [-0.1, -0.05) is 24.3 Å². The highest BCUT2D eigenvalue weighted by molar-refractivity contribution is 7.92. The number of hydrogen-bond acceptors (Lipinski definition) is 7. The van der Waals surface area contributed by atoms with E-state index in [4.69, 9.17) is 0 Å². The third-order valence-electron chi connectivity index (χ3n) is 6.84. The largest absolute Gasteiger partial charge is 0.356 e. The van der Waals surface area contributed by atoms with Crippen LogP contribution in [0.15, 0.2) is 48.5 Å². The quantitative estimate of drug-likeness (QED) is 0.287. The average molecular weight is 587 g/mol. The molecule has 0 radical (unpaired) electrons. The van der Waals surface area contributed by atoms with E-state index >= 15 is 0 Å². The zero-order valence-electron chi connectivity index (χ0n) is 20.9. The molecule has 0 aromatic heterocycles. The summed E-state index contributed by atoms with van der Waals surface area (Å²) in [6.07, 6.45) is 3.55. The Morgan fingerprint density at radius 3 is 1.92 bits per heavy atom. The Hall–Kier alpha value is -2.48. The molecule has 2 fully saturated rings. The number of nitrogens with one attached hydrogen (secondary N) is 3. The maximum Gasteiger partial charge on any atom is 0.356 e. The van der Waals surface area contributed by atoms with Crippen molar-refractivity contribution in [3.8, 4) is 0 Å². The Balaban J connectivity index is 1.85. The summed E-state index contributed by atoms with van der Waals surface area (Å²) in [5.41, 5.74) is 1.17. The summed E-state index contributed by atoms with van der Waals surface area (Å²) in [7, 11) is -12.2. The predicted octanol–water partition coefficient (Wildman–Crippen LogP) is 1.53. The van der Waals surface area contributed by atoms with Crippen LogP contribution in [0.1, 0.15) is 36.3 Å². The predicted molar refractivity (Wildman–Crippen MR) is 144 cm³/mol. The van der Waals surface area contributed by atoms with Crippen LogP contribution in [0.3, 0.4) is 0 Å². The summed E-state index contributed by atoms with van der Waals surface area (Å²) in [4.78, 5) is 36.9. The molecule has 12 nitrogen and oxygen atoms in total. The van der Waals surface area contributed by atoms with Gasteiger partial charge in [0.05, 0.1) is 18.6 Å². The summed E-state index contributed by atoms with van der Waals surface area (Å²) in [5, 5.41) is 1.04. The van der Waals surface area contributed by atoms with E-state index in [1.165, 1.54) is 41.3 Å². The van der Waals surface area contributed by atoms with Gasteiger partial charge in [0.25, 0.3) is 0 Å². The van der Waals surface area contributed by atoms with Crippen LogP contribution in [0.2, 0.25) is 0 Å². The van der Waals surface area contributed by atoms with Crippen molar-refractivity contribution >= 4 is 44.9 Å². The van der Waals surface area contributed by atoms with Crippen molar-refractivity contribution in [2.75, 3.05) is 35.0 Å². The molecular weight excluding hydrogens is 555 g/mol. The molecule has 5 N–H and O–H groups in total. The minimum Gasteiger partial charge on any atom is -0.323 e. The van der Waals surface area contributed by atoms with Crippen molar-refractivity contribution in [3.05, 3.63) is 59.7 Å². The number of carbonyl (C=O) groups excluding carboxylic acids is 1. The van der Waals surface area contributed by atoms with Crippen molar-refractivity contribution in [2.45, 2.75) is 36.5 Å². The fourth-order valence-corrected chi connectivity index (χ4v) is 8.27. The number of carbonyl (C=O) groups is 1. The van der Waals surface area contributed by atoms with Crippen LogP contribution < -0.4 is 14.8 Å². The molecule has 15 heteroatoms. The van der Waals surface area contributed by atoms with Crippen LogP contribution >= 0.6 is 7.60 Å². The van der Waals surface area contributed by atoms with Crippen LogP contribution in [0.25, 0.3) is 0 Å². The van der Waals surface area contributed by atoms with Gasteiger partial charge in [0.2, 0.25) is 26.0 Å². The summed E-state index contributed by atoms with van der Waals surface area (Å²) < 4.78 is 64.8. The van der Waals surface area contributed by atoms with Crippen molar-refractivity contribution in [1.29, 1.82) is 0 Å². The maximum atomic E-state index is 13.7. The Labute approximate surface area is 222 Å². The first-order valence-electron chi connectivity index (χ1n) is 11.9. The van der Waals surface area contributed by atoms with Gasteiger partial charge in [-0.15, -0.1) is 0 Å². The SMILES string of the molecule is CS(=O)(=O)Nc1ccc(C2CCN(C(=O)[C@@H]3CCCN3)C2(c2ccc(NS(C)(=O)=O)cc2)P(=O)(O)O)cc1. The molecule has 1 amide bonds. The molecule has 0 spiro atoms. The van der Waals surface area contributed by atoms with E-state index in [-0.39, 0.29) is 29.9 Å². The minimum atomic E-state index is -5.11. The molecule has 2 aromatic rings. The van der Waals surface area contributed by atoms with Gasteiger partial charge in [-0.2, -0.15) is 0 Å². The van der Waals surface area contributed by atoms with E-state index in [1.807, 2.05) is 0 Å². The van der Waals surface area contributed by atoms with Crippen molar-refractivity contribution in [2.24, 2.45) is 0 Å². The van der Waals surface area contributed by atoms with Crippen LogP contribution in [0, 0.1) is 0 Å². The van der Waals surface area contributed by atoms with Crippen LogP contribution in [0.5, 0.6) is 0 Å². The van der Waals surface area contributed by atoms with Gasteiger partial charge in [-0.05, 0) is 61.2 Å². The molecule has 0 bridgehead atoms. The normalized spacial score (nSPS) is 24.4. The van der Waals surface area contributed by atoms with Gasteiger partial charge in [0.15, 0.2) is 5.28 Å². The Morgan fingerprint density at radius 1 is 0.947 bits per heavy atom. The highest BCUT2D eigenvalue weighted by atomic mass is 32.2. The zero-order valence-corrected chi connectivity index (χ0v) is 23.4. The Kier molecular flexibility index (Phi) is 7.69. The van der Waals surface area contributed by atoms with Crippen molar-refractivity contribution in [1.82, 2.24) is 10.2 Å². The van der Waals surface area contributed by atoms with Gasteiger partial charge in [0.1, 0.15) is 0 Å². The standard InChI is InChI=1S/C23H31N4O8PS2/c1-37(32,33)25-18-9-5-16(6-10-18)20-13-15-27(22(28)21-4-3-14-24-21)23(20,36(29,30)31)17-7-11-19(12-8-17)26-38(2,34)35/h5-12,20-21,24-26H,3-4,13-15H2,1-2H3,(H2,29,30,31)/t20?,21-,23?/m0/s1. The summed E-state index contributed by atoms with van der Waals surface area (Å²) in [6, 6.07) is 11.3. The van der Waals surface area contributed by atoms with Gasteiger partial charge in [-0.25, -0.2) is 16.8 Å². The molecule has 0 aliphatic carbocycles. The van der Waals surface area contributed by atoms with Crippen molar-refractivity contribution in [3.63, 3.8) is 0 Å². The van der Waals surface area contributed by atoms with E-state index in [0.717, 1.165) is 18.9 Å². The molecule has 3 atom stereocenters. The van der Waals surface area contributed by atoms with Gasteiger partial charge in [-0.3, -0.25) is 18.8 Å². The highest BCUT2D eigenvalue weighted by Crippen LogP contribution is 2.68. The van der Waals surface area contributed by atoms with Crippen LogP contribution in [-0.4, -0.2) is 69.1 Å². The molecule has 2 aliphatic heterocycles. The molecule has 0 saturated carbocycles. The smallest absolute Gasteiger partial charge is 0.323 e. The first kappa shape index (κ1) is 28.5. The van der Waals surface area contributed by atoms with E-state index in [0.29, 0.717) is 18.5 Å². The molecule has 4 rings (SSSR count). The van der Waals surface area contributed by atoms with Gasteiger partial charge in [0, 0.05) is 23.8 Å². The maximum absolute atomic E-state index is 13.7. The number of likely N-dealkylation sites (tertiary alicyclic amines) is 1. The van der Waals surface area contributed by atoms with Crippen molar-refractivity contribution < 1.29 is 36.0 Å². The zero-order chi connectivity index (χ0) is 27.9. The summed E-state index contributed by atoms with van der Waals surface area (Å²) in [6.45, 7) is 0.705. The average Bonchev–Trinajstić information content (AvgIpc) is 3.46. The second-order valence-corrected chi connectivity index (χ2v) is 15.0. The van der Waals surface area contributed by atoms with Crippen LogP contribution in [0.4, 0.5) is 11.4 Å². The molecule has 208 valence electrons. The number of nitrogens with zero attached hydrogens (tertiary/aromatic N) is 1. The summed E-state index contributed by atoms with van der Waals surface area (Å²) in [5.74, 6) is -1.25. The molecule has 2 aliphatic rings. The molecule has 38 heavy (non-hydrogen) atoms. The Bertz CT molecular complexity index is 1450. The highest BCUT2D eigenvalue weighted by Gasteiger charge is 2.63. The second-order valence-electron chi connectivity index (χ2n) is 9.70. The van der Waals surface area contributed by atoms with Crippen LogP contribution in [-0.2, 0) is 34.7 Å². The lowest BCUT2D eigenvalue weighted by Gasteiger charge is -2.44. The molecule has 2 saturated heterocycles. The second kappa shape index (κ2) is 10.2. The fourth-order valence-electron chi connectivity index (χ4n) is 5.46. The third-order valence-corrected chi connectivity index (χ3v) is 9.75. The number of anilines is 2. The lowest BCUT2D eigenvalue weighted by Crippen LogP contribution is -2.52. The molecule has 2 heterocycles. The lowest BCUT2D eigenvalue weighted by atomic mass is 9.86. The number of rotatable bonds is 8. The fraction of sp³-hybridized carbons (Fsp3) is 0.435. The van der Waals surface area contributed by atoms with E-state index in [1.54, 1.807) is 12.1 Å². The summed E-state index contributed by atoms with van der Waals surface area (Å²) >= 11 is 0. The first-order valence-corrected chi connectivity index (χ1v) is 17.3. The molecule has 2 aromatic carbocycles. The number of amides is 1. The van der Waals surface area contributed by atoms with Gasteiger partial charge >= 0.3 is 7.60 Å². The number of benzene rings is 2. The van der Waals surface area contributed by atoms with E-state index < -0.39 is 50.8 Å². The monoisotopic (exact) mass is 586 g/mol. The van der Waals surface area contributed by atoms with E-state index in [2.05, 4.69) is 14.8 Å². The topological polar surface area (TPSA) is 182 Å². The third kappa shape index (κ3) is 5.75. The molecule has 2 unspecified atom stereocenters. The van der Waals surface area contributed by atoms with Gasteiger partial charge < -0.3 is 20.0 Å². The number of hydrogen-bond donors (Lipinski definition) is 5. The molecular formula is C23H31N4O8PS2.